The van der Waals surface area contributed by atoms with Crippen molar-refractivity contribution in [1.29, 1.82) is 0 Å². The molecule has 26 heavy (non-hydrogen) atoms. The quantitative estimate of drug-likeness (QED) is 0.474. The van der Waals surface area contributed by atoms with E-state index in [4.69, 9.17) is 16.3 Å². The SMILES string of the molecule is O=C1CCC2c3ccc(OCCCCl)cc3C(c3ccc(Br)cc3)CN12. The third kappa shape index (κ3) is 3.37. The molecule has 2 heterocycles. The first-order valence-electron chi connectivity index (χ1n) is 9.05. The lowest BCUT2D eigenvalue weighted by Crippen LogP contribution is -2.37. The molecule has 2 unspecified atom stereocenters. The van der Waals surface area contributed by atoms with Crippen LogP contribution in [0.25, 0.3) is 0 Å². The maximum absolute atomic E-state index is 12.4. The van der Waals surface area contributed by atoms with E-state index in [2.05, 4.69) is 57.2 Å². The van der Waals surface area contributed by atoms with Crippen molar-refractivity contribution in [3.8, 4) is 5.75 Å². The van der Waals surface area contributed by atoms with Crippen LogP contribution in [-0.2, 0) is 4.79 Å². The van der Waals surface area contributed by atoms with Crippen LogP contribution < -0.4 is 4.74 Å². The summed E-state index contributed by atoms with van der Waals surface area (Å²) in [7, 11) is 0. The summed E-state index contributed by atoms with van der Waals surface area (Å²) >= 11 is 9.26. The van der Waals surface area contributed by atoms with E-state index in [0.29, 0.717) is 18.9 Å². The Labute approximate surface area is 167 Å². The molecular weight excluding hydrogens is 414 g/mol. The van der Waals surface area contributed by atoms with Crippen LogP contribution in [0.15, 0.2) is 46.9 Å². The van der Waals surface area contributed by atoms with Crippen LogP contribution >= 0.6 is 27.5 Å². The van der Waals surface area contributed by atoms with Gasteiger partial charge in [0.15, 0.2) is 0 Å². The summed E-state index contributed by atoms with van der Waals surface area (Å²) in [4.78, 5) is 14.4. The molecule has 2 aromatic carbocycles. The van der Waals surface area contributed by atoms with E-state index in [1.807, 2.05) is 6.07 Å². The van der Waals surface area contributed by atoms with Gasteiger partial charge in [-0.1, -0.05) is 34.1 Å². The van der Waals surface area contributed by atoms with Crippen molar-refractivity contribution in [2.24, 2.45) is 0 Å². The van der Waals surface area contributed by atoms with Crippen molar-refractivity contribution in [1.82, 2.24) is 4.90 Å². The highest BCUT2D eigenvalue weighted by molar-refractivity contribution is 9.10. The summed E-state index contributed by atoms with van der Waals surface area (Å²) in [5.41, 5.74) is 3.77. The zero-order valence-corrected chi connectivity index (χ0v) is 16.8. The fourth-order valence-electron chi connectivity index (χ4n) is 4.05. The van der Waals surface area contributed by atoms with Crippen molar-refractivity contribution in [2.45, 2.75) is 31.2 Å². The standard InChI is InChI=1S/C21H21BrClNO2/c22-15-4-2-14(3-5-15)19-13-24-20(8-9-21(24)25)17-7-6-16(12-18(17)19)26-11-1-10-23/h2-7,12,19-20H,1,8-11,13H2. The number of nitrogens with zero attached hydrogens (tertiary/aromatic N) is 1. The van der Waals surface area contributed by atoms with Crippen molar-refractivity contribution >= 4 is 33.4 Å². The molecular formula is C21H21BrClNO2. The smallest absolute Gasteiger partial charge is 0.223 e. The number of amides is 1. The van der Waals surface area contributed by atoms with Crippen LogP contribution in [0.5, 0.6) is 5.75 Å². The van der Waals surface area contributed by atoms with E-state index in [1.54, 1.807) is 0 Å². The second-order valence-corrected chi connectivity index (χ2v) is 8.18. The van der Waals surface area contributed by atoms with Gasteiger partial charge in [-0.2, -0.15) is 0 Å². The predicted octanol–water partition coefficient (Wildman–Crippen LogP) is 5.27. The van der Waals surface area contributed by atoms with Crippen LogP contribution in [0.3, 0.4) is 0 Å². The van der Waals surface area contributed by atoms with E-state index in [-0.39, 0.29) is 17.9 Å². The molecule has 2 aliphatic rings. The van der Waals surface area contributed by atoms with Gasteiger partial charge in [0.2, 0.25) is 5.91 Å². The molecule has 3 nitrogen and oxygen atoms in total. The molecule has 2 atom stereocenters. The fraction of sp³-hybridized carbons (Fsp3) is 0.381. The number of rotatable bonds is 5. The van der Waals surface area contributed by atoms with E-state index < -0.39 is 0 Å². The van der Waals surface area contributed by atoms with Crippen molar-refractivity contribution in [3.63, 3.8) is 0 Å². The van der Waals surface area contributed by atoms with Crippen molar-refractivity contribution in [2.75, 3.05) is 19.0 Å². The minimum absolute atomic E-state index is 0.174. The third-order valence-electron chi connectivity index (χ3n) is 5.32. The Hall–Kier alpha value is -1.52. The number of fused-ring (bicyclic) bond motifs is 3. The molecule has 2 aromatic rings. The van der Waals surface area contributed by atoms with E-state index in [9.17, 15) is 4.79 Å². The van der Waals surface area contributed by atoms with Gasteiger partial charge in [-0.3, -0.25) is 4.79 Å². The number of carbonyl (C=O) groups is 1. The lowest BCUT2D eigenvalue weighted by atomic mass is 9.81. The van der Waals surface area contributed by atoms with Gasteiger partial charge in [0.1, 0.15) is 5.75 Å². The molecule has 5 heteroatoms. The highest BCUT2D eigenvalue weighted by atomic mass is 79.9. The highest BCUT2D eigenvalue weighted by Crippen LogP contribution is 2.45. The van der Waals surface area contributed by atoms with Gasteiger partial charge in [0.05, 0.1) is 12.6 Å². The molecule has 0 radical (unpaired) electrons. The number of carbonyl (C=O) groups excluding carboxylic acids is 1. The van der Waals surface area contributed by atoms with Crippen LogP contribution in [0, 0.1) is 0 Å². The molecule has 0 N–H and O–H groups in total. The van der Waals surface area contributed by atoms with Gasteiger partial charge in [-0.05, 0) is 53.8 Å². The topological polar surface area (TPSA) is 29.5 Å². The third-order valence-corrected chi connectivity index (χ3v) is 6.12. The first-order chi connectivity index (χ1) is 12.7. The Morgan fingerprint density at radius 2 is 1.96 bits per heavy atom. The van der Waals surface area contributed by atoms with E-state index in [1.165, 1.54) is 16.7 Å². The number of hydrogen-bond donors (Lipinski definition) is 0. The van der Waals surface area contributed by atoms with E-state index in [0.717, 1.165) is 29.6 Å². The number of benzene rings is 2. The molecule has 0 aromatic heterocycles. The van der Waals surface area contributed by atoms with Crippen molar-refractivity contribution in [3.05, 3.63) is 63.6 Å². The zero-order chi connectivity index (χ0) is 18.1. The van der Waals surface area contributed by atoms with Crippen LogP contribution in [-0.4, -0.2) is 29.8 Å². The lowest BCUT2D eigenvalue weighted by Gasteiger charge is -2.38. The summed E-state index contributed by atoms with van der Waals surface area (Å²) < 4.78 is 6.94. The molecule has 0 bridgehead atoms. The summed E-state index contributed by atoms with van der Waals surface area (Å²) in [6.07, 6.45) is 2.39. The lowest BCUT2D eigenvalue weighted by molar-refractivity contribution is -0.129. The molecule has 1 saturated heterocycles. The highest BCUT2D eigenvalue weighted by Gasteiger charge is 2.40. The molecule has 2 aliphatic heterocycles. The van der Waals surface area contributed by atoms with Gasteiger partial charge in [-0.15, -0.1) is 11.6 Å². The van der Waals surface area contributed by atoms with Crippen LogP contribution in [0.4, 0.5) is 0 Å². The summed E-state index contributed by atoms with van der Waals surface area (Å²) in [5.74, 6) is 1.93. The second kappa shape index (κ2) is 7.61. The number of halogens is 2. The van der Waals surface area contributed by atoms with Gasteiger partial charge >= 0.3 is 0 Å². The molecule has 4 rings (SSSR count). The Morgan fingerprint density at radius 1 is 1.15 bits per heavy atom. The summed E-state index contributed by atoms with van der Waals surface area (Å²) in [5, 5.41) is 0. The molecule has 1 fully saturated rings. The number of alkyl halides is 1. The molecule has 0 saturated carbocycles. The molecule has 0 aliphatic carbocycles. The monoisotopic (exact) mass is 433 g/mol. The normalized spacial score (nSPS) is 21.5. The minimum Gasteiger partial charge on any atom is -0.494 e. The second-order valence-electron chi connectivity index (χ2n) is 6.89. The van der Waals surface area contributed by atoms with Gasteiger partial charge in [-0.25, -0.2) is 0 Å². The fourth-order valence-corrected chi connectivity index (χ4v) is 4.43. The number of ether oxygens (including phenoxy) is 1. The van der Waals surface area contributed by atoms with Gasteiger partial charge < -0.3 is 9.64 Å². The Kier molecular flexibility index (Phi) is 5.23. The zero-order valence-electron chi connectivity index (χ0n) is 14.5. The summed E-state index contributed by atoms with van der Waals surface area (Å²) in [6, 6.07) is 14.9. The average molecular weight is 435 g/mol. The largest absolute Gasteiger partial charge is 0.494 e. The predicted molar refractivity (Wildman–Crippen MR) is 107 cm³/mol. The Morgan fingerprint density at radius 3 is 2.73 bits per heavy atom. The van der Waals surface area contributed by atoms with Gasteiger partial charge in [0.25, 0.3) is 0 Å². The van der Waals surface area contributed by atoms with Crippen molar-refractivity contribution < 1.29 is 9.53 Å². The summed E-state index contributed by atoms with van der Waals surface area (Å²) in [6.45, 7) is 1.36. The van der Waals surface area contributed by atoms with Gasteiger partial charge in [0, 0.05) is 29.2 Å². The van der Waals surface area contributed by atoms with E-state index >= 15 is 0 Å². The maximum Gasteiger partial charge on any atom is 0.223 e. The molecule has 136 valence electrons. The Bertz CT molecular complexity index is 808. The average Bonchev–Trinajstić information content (AvgIpc) is 3.03. The Balaban J connectivity index is 1.72. The molecule has 0 spiro atoms. The van der Waals surface area contributed by atoms with Crippen LogP contribution in [0.2, 0.25) is 0 Å². The minimum atomic E-state index is 0.174. The molecule has 1 amide bonds. The first-order valence-corrected chi connectivity index (χ1v) is 10.4. The number of hydrogen-bond acceptors (Lipinski definition) is 2. The first kappa shape index (κ1) is 17.9. The maximum atomic E-state index is 12.4. The van der Waals surface area contributed by atoms with Crippen LogP contribution in [0.1, 0.15) is 47.9 Å².